The summed E-state index contributed by atoms with van der Waals surface area (Å²) in [5.74, 6) is 0.568. The Morgan fingerprint density at radius 2 is 1.70 bits per heavy atom. The van der Waals surface area contributed by atoms with Gasteiger partial charge in [-0.2, -0.15) is 0 Å². The predicted octanol–water partition coefficient (Wildman–Crippen LogP) is 4.70. The topological polar surface area (TPSA) is 109 Å². The SMILES string of the molecule is CCOC(=O)C1=C(c2ccccc2)N=c2s/c(=C/c3ccc(OCC(=O)N4CCOCC4)c(OCC)c3)c(=O)n2[C@@H]1c1ccc(C(C)C)cc1. The first-order chi connectivity index (χ1) is 24.3. The summed E-state index contributed by atoms with van der Waals surface area (Å²) < 4.78 is 24.7. The van der Waals surface area contributed by atoms with Gasteiger partial charge < -0.3 is 23.8 Å². The fourth-order valence-corrected chi connectivity index (χ4v) is 7.02. The van der Waals surface area contributed by atoms with Gasteiger partial charge in [-0.15, -0.1) is 0 Å². The lowest BCUT2D eigenvalue weighted by molar-refractivity contribution is -0.139. The van der Waals surface area contributed by atoms with E-state index in [2.05, 4.69) is 13.8 Å². The lowest BCUT2D eigenvalue weighted by atomic mass is 9.91. The number of hydrogen-bond donors (Lipinski definition) is 0. The van der Waals surface area contributed by atoms with E-state index >= 15 is 0 Å². The summed E-state index contributed by atoms with van der Waals surface area (Å²) in [5.41, 5.74) is 3.88. The van der Waals surface area contributed by atoms with E-state index in [1.165, 1.54) is 11.3 Å². The molecule has 0 N–H and O–H groups in total. The van der Waals surface area contributed by atoms with Gasteiger partial charge in [0.05, 0.1) is 48.3 Å². The van der Waals surface area contributed by atoms with Crippen LogP contribution in [0.25, 0.3) is 11.8 Å². The second-order valence-corrected chi connectivity index (χ2v) is 13.2. The minimum atomic E-state index is -0.761. The van der Waals surface area contributed by atoms with Crippen molar-refractivity contribution in [1.29, 1.82) is 0 Å². The molecular formula is C39H41N3O7S. The molecule has 3 heterocycles. The van der Waals surface area contributed by atoms with E-state index in [9.17, 15) is 14.4 Å². The van der Waals surface area contributed by atoms with Gasteiger partial charge in [-0.05, 0) is 54.7 Å². The van der Waals surface area contributed by atoms with Gasteiger partial charge >= 0.3 is 5.97 Å². The molecule has 260 valence electrons. The molecule has 4 aromatic rings. The maximum Gasteiger partial charge on any atom is 0.338 e. The highest BCUT2D eigenvalue weighted by atomic mass is 32.1. The van der Waals surface area contributed by atoms with Crippen molar-refractivity contribution in [3.05, 3.63) is 120 Å². The van der Waals surface area contributed by atoms with E-state index in [4.69, 9.17) is 23.9 Å². The number of aromatic nitrogens is 1. The summed E-state index contributed by atoms with van der Waals surface area (Å²) in [5, 5.41) is 0. The maximum atomic E-state index is 14.4. The van der Waals surface area contributed by atoms with Crippen LogP contribution >= 0.6 is 11.3 Å². The smallest absolute Gasteiger partial charge is 0.338 e. The molecule has 1 amide bonds. The zero-order valence-electron chi connectivity index (χ0n) is 28.7. The number of nitrogens with zero attached hydrogens (tertiary/aromatic N) is 3. The predicted molar refractivity (Wildman–Crippen MR) is 192 cm³/mol. The Labute approximate surface area is 294 Å². The Hall–Kier alpha value is -5.00. The Bertz CT molecular complexity index is 2060. The molecule has 0 saturated carbocycles. The van der Waals surface area contributed by atoms with Gasteiger partial charge in [0.2, 0.25) is 0 Å². The van der Waals surface area contributed by atoms with Crippen molar-refractivity contribution in [2.75, 3.05) is 46.1 Å². The summed E-state index contributed by atoms with van der Waals surface area (Å²) in [6.45, 7) is 10.4. The maximum absolute atomic E-state index is 14.4. The highest BCUT2D eigenvalue weighted by Gasteiger charge is 2.35. The van der Waals surface area contributed by atoms with Crippen molar-refractivity contribution < 1.29 is 28.5 Å². The number of carbonyl (C=O) groups is 2. The van der Waals surface area contributed by atoms with Crippen LogP contribution in [0.1, 0.15) is 61.9 Å². The van der Waals surface area contributed by atoms with Crippen LogP contribution in [0.3, 0.4) is 0 Å². The average Bonchev–Trinajstić information content (AvgIpc) is 3.45. The molecule has 0 bridgehead atoms. The minimum absolute atomic E-state index is 0.119. The Morgan fingerprint density at radius 1 is 0.960 bits per heavy atom. The summed E-state index contributed by atoms with van der Waals surface area (Å²) >= 11 is 1.25. The highest BCUT2D eigenvalue weighted by molar-refractivity contribution is 7.07. The van der Waals surface area contributed by atoms with E-state index in [0.717, 1.165) is 16.7 Å². The number of benzene rings is 3. The van der Waals surface area contributed by atoms with Crippen molar-refractivity contribution in [2.45, 2.75) is 39.7 Å². The van der Waals surface area contributed by atoms with Crippen molar-refractivity contribution in [2.24, 2.45) is 4.99 Å². The molecule has 10 nitrogen and oxygen atoms in total. The van der Waals surface area contributed by atoms with Crippen molar-refractivity contribution in [3.8, 4) is 11.5 Å². The molecule has 0 spiro atoms. The van der Waals surface area contributed by atoms with Crippen molar-refractivity contribution in [3.63, 3.8) is 0 Å². The Kier molecular flexibility index (Phi) is 10.9. The molecule has 0 radical (unpaired) electrons. The van der Waals surface area contributed by atoms with Crippen LogP contribution in [0.4, 0.5) is 0 Å². The van der Waals surface area contributed by atoms with Crippen molar-refractivity contribution in [1.82, 2.24) is 9.47 Å². The summed E-state index contributed by atoms with van der Waals surface area (Å²) in [6.07, 6.45) is 1.78. The molecule has 50 heavy (non-hydrogen) atoms. The third-order valence-electron chi connectivity index (χ3n) is 8.57. The number of rotatable bonds is 11. The first kappa shape index (κ1) is 34.8. The van der Waals surface area contributed by atoms with Gasteiger partial charge in [-0.3, -0.25) is 14.2 Å². The molecule has 0 unspecified atom stereocenters. The second-order valence-electron chi connectivity index (χ2n) is 12.2. The van der Waals surface area contributed by atoms with E-state index in [0.29, 0.717) is 76.5 Å². The molecule has 6 rings (SSSR count). The van der Waals surface area contributed by atoms with Gasteiger partial charge in [0.15, 0.2) is 22.9 Å². The number of carbonyl (C=O) groups excluding carboxylic acids is 2. The zero-order valence-corrected chi connectivity index (χ0v) is 29.5. The van der Waals surface area contributed by atoms with Crippen LogP contribution in [0.5, 0.6) is 11.5 Å². The van der Waals surface area contributed by atoms with E-state index < -0.39 is 12.0 Å². The quantitative estimate of drug-likeness (QED) is 0.210. The lowest BCUT2D eigenvalue weighted by Crippen LogP contribution is -2.43. The largest absolute Gasteiger partial charge is 0.490 e. The second kappa shape index (κ2) is 15.7. The number of thiazole rings is 1. The van der Waals surface area contributed by atoms with Gasteiger partial charge in [-0.25, -0.2) is 9.79 Å². The summed E-state index contributed by atoms with van der Waals surface area (Å²) in [4.78, 5) is 47.9. The third-order valence-corrected chi connectivity index (χ3v) is 9.56. The van der Waals surface area contributed by atoms with Crippen LogP contribution in [0.15, 0.2) is 88.2 Å². The van der Waals surface area contributed by atoms with E-state index in [-0.39, 0.29) is 24.7 Å². The molecular weight excluding hydrogens is 655 g/mol. The Morgan fingerprint density at radius 3 is 2.38 bits per heavy atom. The fourth-order valence-electron chi connectivity index (χ4n) is 6.02. The third kappa shape index (κ3) is 7.44. The van der Waals surface area contributed by atoms with E-state index in [1.807, 2.05) is 67.6 Å². The van der Waals surface area contributed by atoms with E-state index in [1.54, 1.807) is 34.6 Å². The average molecular weight is 696 g/mol. The Balaban J connectivity index is 1.44. The molecule has 3 aromatic carbocycles. The van der Waals surface area contributed by atoms with Crippen molar-refractivity contribution >= 4 is 35.0 Å². The van der Waals surface area contributed by atoms with Gasteiger partial charge in [-0.1, -0.05) is 85.8 Å². The van der Waals surface area contributed by atoms with Crippen LogP contribution in [-0.4, -0.2) is 67.5 Å². The normalized spacial score (nSPS) is 16.2. The summed E-state index contributed by atoms with van der Waals surface area (Å²) in [7, 11) is 0. The molecule has 1 fully saturated rings. The lowest BCUT2D eigenvalue weighted by Gasteiger charge is -2.26. The zero-order chi connectivity index (χ0) is 35.2. The summed E-state index contributed by atoms with van der Waals surface area (Å²) in [6, 6.07) is 22.1. The monoisotopic (exact) mass is 695 g/mol. The van der Waals surface area contributed by atoms with Crippen LogP contribution < -0.4 is 24.4 Å². The number of fused-ring (bicyclic) bond motifs is 1. The van der Waals surface area contributed by atoms with Gasteiger partial charge in [0, 0.05) is 18.7 Å². The number of amides is 1. The van der Waals surface area contributed by atoms with Gasteiger partial charge in [0.25, 0.3) is 11.5 Å². The number of ether oxygens (including phenoxy) is 4. The molecule has 11 heteroatoms. The van der Waals surface area contributed by atoms with Crippen LogP contribution in [-0.2, 0) is 19.1 Å². The molecule has 2 aliphatic rings. The minimum Gasteiger partial charge on any atom is -0.490 e. The highest BCUT2D eigenvalue weighted by Crippen LogP contribution is 2.36. The molecule has 1 atom stereocenters. The molecule has 2 aliphatic heterocycles. The molecule has 1 saturated heterocycles. The number of morpholine rings is 1. The molecule has 0 aliphatic carbocycles. The number of esters is 1. The first-order valence-corrected chi connectivity index (χ1v) is 17.7. The number of hydrogen-bond acceptors (Lipinski definition) is 9. The first-order valence-electron chi connectivity index (χ1n) is 16.9. The molecule has 1 aromatic heterocycles. The fraction of sp³-hybridized carbons (Fsp3) is 0.333. The standard InChI is InChI=1S/C39H41N3O7S/c1-5-47-31-22-26(12-17-30(31)49-24-33(43)41-18-20-46-21-19-41)23-32-37(44)42-36(29-15-13-27(14-16-29)25(3)4)34(38(45)48-6-2)35(40-39(42)50-32)28-10-8-7-9-11-28/h7-17,22-23,25,36H,5-6,18-21,24H2,1-4H3/b32-23+/t36-/m1/s1. The van der Waals surface area contributed by atoms with Crippen LogP contribution in [0.2, 0.25) is 0 Å². The van der Waals surface area contributed by atoms with Crippen LogP contribution in [0, 0.1) is 0 Å². The van der Waals surface area contributed by atoms with Gasteiger partial charge in [0.1, 0.15) is 0 Å².